The van der Waals surface area contributed by atoms with Gasteiger partial charge in [-0.15, -0.1) is 0 Å². The monoisotopic (exact) mass is 367 g/mol. The Morgan fingerprint density at radius 1 is 1.23 bits per heavy atom. The highest BCUT2D eigenvalue weighted by molar-refractivity contribution is 5.93. The first kappa shape index (κ1) is 20.0. The number of hydrogen-bond donors (Lipinski definition) is 1. The van der Waals surface area contributed by atoms with Crippen LogP contribution in [0.15, 0.2) is 30.3 Å². The molecule has 1 heterocycles. The highest BCUT2D eigenvalue weighted by Gasteiger charge is 2.34. The van der Waals surface area contributed by atoms with Gasteiger partial charge in [-0.25, -0.2) is 0 Å². The van der Waals surface area contributed by atoms with E-state index in [0.717, 1.165) is 18.2 Å². The lowest BCUT2D eigenvalue weighted by Gasteiger charge is -2.19. The Hall–Kier alpha value is -2.31. The summed E-state index contributed by atoms with van der Waals surface area (Å²) >= 11 is 0. The molecule has 0 spiro atoms. The highest BCUT2D eigenvalue weighted by Crippen LogP contribution is 2.34. The van der Waals surface area contributed by atoms with Gasteiger partial charge in [-0.2, -0.15) is 18.3 Å². The van der Waals surface area contributed by atoms with Gasteiger partial charge < -0.3 is 5.32 Å². The Kier molecular flexibility index (Phi) is 6.10. The lowest BCUT2D eigenvalue weighted by Crippen LogP contribution is -2.30. The maximum atomic E-state index is 13.2. The summed E-state index contributed by atoms with van der Waals surface area (Å²) in [5.74, 6) is -0.0393. The van der Waals surface area contributed by atoms with Crippen LogP contribution in [-0.2, 0) is 19.1 Å². The minimum Gasteiger partial charge on any atom is -0.344 e. The molecule has 0 fully saturated rings. The summed E-state index contributed by atoms with van der Waals surface area (Å²) < 4.78 is 41.1. The van der Waals surface area contributed by atoms with Crippen LogP contribution in [-0.4, -0.2) is 15.7 Å². The van der Waals surface area contributed by atoms with E-state index in [1.807, 2.05) is 6.92 Å². The summed E-state index contributed by atoms with van der Waals surface area (Å²) in [6.07, 6.45) is -3.73. The number of nitrogens with one attached hydrogen (secondary N) is 1. The van der Waals surface area contributed by atoms with Crippen LogP contribution >= 0.6 is 0 Å². The third kappa shape index (κ3) is 4.65. The fourth-order valence-electron chi connectivity index (χ4n) is 2.89. The Balaban J connectivity index is 2.24. The molecular weight excluding hydrogens is 343 g/mol. The van der Waals surface area contributed by atoms with Crippen molar-refractivity contribution in [2.24, 2.45) is 5.92 Å². The van der Waals surface area contributed by atoms with E-state index in [9.17, 15) is 18.0 Å². The van der Waals surface area contributed by atoms with Gasteiger partial charge in [-0.1, -0.05) is 32.0 Å². The van der Waals surface area contributed by atoms with Gasteiger partial charge in [0, 0.05) is 6.54 Å². The fraction of sp³-hybridized carbons (Fsp3) is 0.474. The van der Waals surface area contributed by atoms with Gasteiger partial charge in [0.25, 0.3) is 5.91 Å². The Morgan fingerprint density at radius 3 is 2.46 bits per heavy atom. The number of carbonyl (C=O) groups is 1. The third-order valence-electron chi connectivity index (χ3n) is 4.06. The molecule has 2 aromatic rings. The number of halogens is 3. The van der Waals surface area contributed by atoms with Gasteiger partial charge in [0.1, 0.15) is 5.69 Å². The SMILES string of the molecule is CCn1nc(CC(C)C)cc1C(=O)N[C@@H](C)c1ccccc1C(F)(F)F. The molecular formula is C19H24F3N3O. The van der Waals surface area contributed by atoms with E-state index in [0.29, 0.717) is 18.2 Å². The third-order valence-corrected chi connectivity index (χ3v) is 4.06. The molecule has 7 heteroatoms. The van der Waals surface area contributed by atoms with Crippen molar-refractivity contribution in [1.82, 2.24) is 15.1 Å². The zero-order chi connectivity index (χ0) is 19.5. The molecule has 0 unspecified atom stereocenters. The number of nitrogens with zero attached hydrogens (tertiary/aromatic N) is 2. The molecule has 2 rings (SSSR count). The second-order valence-electron chi connectivity index (χ2n) is 6.71. The number of alkyl halides is 3. The van der Waals surface area contributed by atoms with Crippen molar-refractivity contribution < 1.29 is 18.0 Å². The average molecular weight is 367 g/mol. The van der Waals surface area contributed by atoms with Crippen molar-refractivity contribution in [3.05, 3.63) is 52.8 Å². The lowest BCUT2D eigenvalue weighted by molar-refractivity contribution is -0.138. The van der Waals surface area contributed by atoms with Crippen LogP contribution in [0.5, 0.6) is 0 Å². The Bertz CT molecular complexity index is 766. The van der Waals surface area contributed by atoms with Gasteiger partial charge in [-0.05, 0) is 43.9 Å². The number of amides is 1. The number of carbonyl (C=O) groups excluding carboxylic acids is 1. The summed E-state index contributed by atoms with van der Waals surface area (Å²) in [4.78, 5) is 12.6. The number of rotatable bonds is 6. The second-order valence-corrected chi connectivity index (χ2v) is 6.71. The number of benzene rings is 1. The molecule has 142 valence electrons. The molecule has 4 nitrogen and oxygen atoms in total. The molecule has 1 aromatic heterocycles. The van der Waals surface area contributed by atoms with Crippen LogP contribution in [0.4, 0.5) is 13.2 Å². The molecule has 0 saturated heterocycles. The zero-order valence-corrected chi connectivity index (χ0v) is 15.4. The average Bonchev–Trinajstić information content (AvgIpc) is 2.96. The summed E-state index contributed by atoms with van der Waals surface area (Å²) in [7, 11) is 0. The minimum absolute atomic E-state index is 0.0401. The maximum absolute atomic E-state index is 13.2. The van der Waals surface area contributed by atoms with Crippen molar-refractivity contribution in [3.8, 4) is 0 Å². The van der Waals surface area contributed by atoms with E-state index in [2.05, 4.69) is 24.3 Å². The molecule has 0 radical (unpaired) electrons. The van der Waals surface area contributed by atoms with Crippen molar-refractivity contribution in [2.45, 2.75) is 52.9 Å². The van der Waals surface area contributed by atoms with Crippen LogP contribution in [0.1, 0.15) is 61.0 Å². The van der Waals surface area contributed by atoms with E-state index in [1.54, 1.807) is 17.7 Å². The van der Waals surface area contributed by atoms with Crippen LogP contribution in [0.2, 0.25) is 0 Å². The number of aromatic nitrogens is 2. The Labute approximate surface area is 151 Å². The van der Waals surface area contributed by atoms with Gasteiger partial charge in [-0.3, -0.25) is 9.48 Å². The van der Waals surface area contributed by atoms with E-state index >= 15 is 0 Å². The Morgan fingerprint density at radius 2 is 1.88 bits per heavy atom. The summed E-state index contributed by atoms with van der Waals surface area (Å²) in [5.41, 5.74) is 0.463. The molecule has 1 atom stereocenters. The summed E-state index contributed by atoms with van der Waals surface area (Å²) in [6, 6.07) is 6.20. The standard InChI is InChI=1S/C19H24F3N3O/c1-5-25-17(11-14(24-25)10-12(2)3)18(26)23-13(4)15-8-6-7-9-16(15)19(20,21)22/h6-9,11-13H,5,10H2,1-4H3,(H,23,26)/t13-/m0/s1. The predicted octanol–water partition coefficient (Wildman–Crippen LogP) is 4.61. The van der Waals surface area contributed by atoms with Crippen molar-refractivity contribution >= 4 is 5.91 Å². The predicted molar refractivity (Wildman–Crippen MR) is 93.8 cm³/mol. The van der Waals surface area contributed by atoms with Crippen molar-refractivity contribution in [1.29, 1.82) is 0 Å². The smallest absolute Gasteiger partial charge is 0.344 e. The molecule has 0 aliphatic heterocycles. The van der Waals surface area contributed by atoms with Crippen LogP contribution in [0.25, 0.3) is 0 Å². The number of hydrogen-bond acceptors (Lipinski definition) is 2. The molecule has 0 saturated carbocycles. The van der Waals surface area contributed by atoms with Gasteiger partial charge >= 0.3 is 6.18 Å². The first-order valence-corrected chi connectivity index (χ1v) is 8.67. The minimum atomic E-state index is -4.47. The van der Waals surface area contributed by atoms with Crippen LogP contribution in [0.3, 0.4) is 0 Å². The van der Waals surface area contributed by atoms with E-state index in [4.69, 9.17) is 0 Å². The topological polar surface area (TPSA) is 46.9 Å². The molecule has 1 N–H and O–H groups in total. The lowest BCUT2D eigenvalue weighted by atomic mass is 10.0. The normalized spacial score (nSPS) is 13.1. The fourth-order valence-corrected chi connectivity index (χ4v) is 2.89. The molecule has 0 aliphatic rings. The molecule has 26 heavy (non-hydrogen) atoms. The molecule has 0 aliphatic carbocycles. The maximum Gasteiger partial charge on any atom is 0.416 e. The van der Waals surface area contributed by atoms with E-state index in [-0.39, 0.29) is 5.56 Å². The van der Waals surface area contributed by atoms with Crippen molar-refractivity contribution in [2.75, 3.05) is 0 Å². The quantitative estimate of drug-likeness (QED) is 0.810. The van der Waals surface area contributed by atoms with E-state index in [1.165, 1.54) is 18.2 Å². The number of aryl methyl sites for hydroxylation is 1. The first-order valence-electron chi connectivity index (χ1n) is 8.67. The molecule has 0 bridgehead atoms. The van der Waals surface area contributed by atoms with E-state index < -0.39 is 23.7 Å². The largest absolute Gasteiger partial charge is 0.416 e. The summed E-state index contributed by atoms with van der Waals surface area (Å²) in [5, 5.41) is 7.07. The second kappa shape index (κ2) is 7.93. The van der Waals surface area contributed by atoms with Gasteiger partial charge in [0.2, 0.25) is 0 Å². The van der Waals surface area contributed by atoms with Gasteiger partial charge in [0.15, 0.2) is 0 Å². The molecule has 1 amide bonds. The highest BCUT2D eigenvalue weighted by atomic mass is 19.4. The summed E-state index contributed by atoms with van der Waals surface area (Å²) in [6.45, 7) is 8.03. The van der Waals surface area contributed by atoms with Crippen LogP contribution < -0.4 is 5.32 Å². The first-order chi connectivity index (χ1) is 12.1. The zero-order valence-electron chi connectivity index (χ0n) is 15.4. The molecule has 1 aromatic carbocycles. The van der Waals surface area contributed by atoms with Crippen molar-refractivity contribution in [3.63, 3.8) is 0 Å². The van der Waals surface area contributed by atoms with Gasteiger partial charge in [0.05, 0.1) is 17.3 Å². The van der Waals surface area contributed by atoms with Crippen LogP contribution in [0, 0.1) is 5.92 Å².